The van der Waals surface area contributed by atoms with Crippen molar-refractivity contribution in [2.45, 2.75) is 44.6 Å². The summed E-state index contributed by atoms with van der Waals surface area (Å²) in [6, 6.07) is 4.38. The Morgan fingerprint density at radius 1 is 1.29 bits per heavy atom. The van der Waals surface area contributed by atoms with Crippen LogP contribution in [0.3, 0.4) is 0 Å². The summed E-state index contributed by atoms with van der Waals surface area (Å²) in [5.74, 6) is 1.22. The van der Waals surface area contributed by atoms with Crippen molar-refractivity contribution in [1.82, 2.24) is 9.88 Å². The molecule has 3 rings (SSSR count). The van der Waals surface area contributed by atoms with Crippen molar-refractivity contribution in [3.05, 3.63) is 30.1 Å². The Morgan fingerprint density at radius 2 is 2.10 bits per heavy atom. The first-order valence-corrected chi connectivity index (χ1v) is 8.15. The zero-order chi connectivity index (χ0) is 14.7. The number of carbonyl (C=O) groups excluding carboxylic acids is 1. The highest BCUT2D eigenvalue weighted by molar-refractivity contribution is 5.79. The number of nitrogens with two attached hydrogens (primary N) is 1. The number of carbonyl (C=O) groups is 1. The van der Waals surface area contributed by atoms with Crippen LogP contribution in [0.1, 0.15) is 37.7 Å². The van der Waals surface area contributed by atoms with Crippen molar-refractivity contribution >= 4 is 5.91 Å². The van der Waals surface area contributed by atoms with Gasteiger partial charge in [-0.1, -0.05) is 6.07 Å². The summed E-state index contributed by atoms with van der Waals surface area (Å²) in [5.41, 5.74) is 7.23. The van der Waals surface area contributed by atoms with Gasteiger partial charge in [0.05, 0.1) is 0 Å². The van der Waals surface area contributed by atoms with E-state index in [4.69, 9.17) is 5.73 Å². The topological polar surface area (TPSA) is 59.2 Å². The highest BCUT2D eigenvalue weighted by Gasteiger charge is 2.32. The molecule has 0 radical (unpaired) electrons. The Kier molecular flexibility index (Phi) is 4.54. The van der Waals surface area contributed by atoms with Crippen molar-refractivity contribution in [3.8, 4) is 0 Å². The molecule has 21 heavy (non-hydrogen) atoms. The van der Waals surface area contributed by atoms with Gasteiger partial charge in [-0.2, -0.15) is 0 Å². The predicted molar refractivity (Wildman–Crippen MR) is 82.6 cm³/mol. The summed E-state index contributed by atoms with van der Waals surface area (Å²) in [4.78, 5) is 18.7. The maximum Gasteiger partial charge on any atom is 0.225 e. The Hall–Kier alpha value is -1.42. The average Bonchev–Trinajstić information content (AvgIpc) is 2.95. The summed E-state index contributed by atoms with van der Waals surface area (Å²) in [5, 5.41) is 0. The van der Waals surface area contributed by atoms with E-state index < -0.39 is 0 Å². The molecule has 0 unspecified atom stereocenters. The molecular weight excluding hydrogens is 262 g/mol. The van der Waals surface area contributed by atoms with E-state index in [0.717, 1.165) is 51.6 Å². The lowest BCUT2D eigenvalue weighted by atomic mass is 9.90. The second-order valence-electron chi connectivity index (χ2n) is 6.60. The normalized spacial score (nSPS) is 27.0. The lowest BCUT2D eigenvalue weighted by molar-refractivity contribution is -0.136. The van der Waals surface area contributed by atoms with Gasteiger partial charge in [0.1, 0.15) is 0 Å². The average molecular weight is 287 g/mol. The maximum atomic E-state index is 12.5. The van der Waals surface area contributed by atoms with E-state index in [1.807, 2.05) is 18.5 Å². The summed E-state index contributed by atoms with van der Waals surface area (Å²) >= 11 is 0. The van der Waals surface area contributed by atoms with Gasteiger partial charge in [0.15, 0.2) is 0 Å². The number of amides is 1. The molecule has 114 valence electrons. The largest absolute Gasteiger partial charge is 0.342 e. The number of pyridine rings is 1. The molecular formula is C17H25N3O. The first-order chi connectivity index (χ1) is 10.2. The first kappa shape index (κ1) is 14.5. The van der Waals surface area contributed by atoms with Crippen LogP contribution in [0.25, 0.3) is 0 Å². The SMILES string of the molecule is N[C@@H]1CC[C@H](C(=O)N2CCC(Cc3cccnc3)CC2)C1. The molecule has 4 heteroatoms. The zero-order valence-corrected chi connectivity index (χ0v) is 12.6. The molecule has 1 aromatic heterocycles. The Bertz CT molecular complexity index is 468. The highest BCUT2D eigenvalue weighted by Crippen LogP contribution is 2.28. The Balaban J connectivity index is 1.47. The molecule has 4 nitrogen and oxygen atoms in total. The Labute approximate surface area is 126 Å². The highest BCUT2D eigenvalue weighted by atomic mass is 16.2. The van der Waals surface area contributed by atoms with Crippen LogP contribution >= 0.6 is 0 Å². The molecule has 2 fully saturated rings. The summed E-state index contributed by atoms with van der Waals surface area (Å²) < 4.78 is 0. The van der Waals surface area contributed by atoms with E-state index in [9.17, 15) is 4.79 Å². The van der Waals surface area contributed by atoms with Gasteiger partial charge in [0, 0.05) is 37.4 Å². The molecule has 2 N–H and O–H groups in total. The van der Waals surface area contributed by atoms with Crippen LogP contribution in [0.2, 0.25) is 0 Å². The standard InChI is InChI=1S/C17H25N3O/c18-16-4-3-15(11-16)17(21)20-8-5-13(6-9-20)10-14-2-1-7-19-12-14/h1-2,7,12-13,15-16H,3-6,8-11,18H2/t15-,16+/m0/s1. The fourth-order valence-electron chi connectivity index (χ4n) is 3.71. The zero-order valence-electron chi connectivity index (χ0n) is 12.6. The van der Waals surface area contributed by atoms with Gasteiger partial charge in [-0.15, -0.1) is 0 Å². The number of nitrogens with zero attached hydrogens (tertiary/aromatic N) is 2. The molecule has 1 amide bonds. The van der Waals surface area contributed by atoms with Crippen LogP contribution < -0.4 is 5.73 Å². The smallest absolute Gasteiger partial charge is 0.225 e. The molecule has 1 aliphatic heterocycles. The van der Waals surface area contributed by atoms with E-state index in [-0.39, 0.29) is 12.0 Å². The van der Waals surface area contributed by atoms with Crippen LogP contribution in [-0.2, 0) is 11.2 Å². The van der Waals surface area contributed by atoms with Gasteiger partial charge in [-0.25, -0.2) is 0 Å². The number of hydrogen-bond donors (Lipinski definition) is 1. The van der Waals surface area contributed by atoms with Crippen LogP contribution in [-0.4, -0.2) is 34.9 Å². The van der Waals surface area contributed by atoms with Crippen molar-refractivity contribution < 1.29 is 4.79 Å². The maximum absolute atomic E-state index is 12.5. The van der Waals surface area contributed by atoms with E-state index in [1.54, 1.807) is 0 Å². The minimum Gasteiger partial charge on any atom is -0.342 e. The van der Waals surface area contributed by atoms with Crippen molar-refractivity contribution in [1.29, 1.82) is 0 Å². The van der Waals surface area contributed by atoms with Crippen LogP contribution in [0.5, 0.6) is 0 Å². The minimum absolute atomic E-state index is 0.190. The number of rotatable bonds is 3. The third kappa shape index (κ3) is 3.62. The van der Waals surface area contributed by atoms with E-state index in [0.29, 0.717) is 11.8 Å². The van der Waals surface area contributed by atoms with Crippen LogP contribution in [0.4, 0.5) is 0 Å². The molecule has 0 aromatic carbocycles. The lowest BCUT2D eigenvalue weighted by Crippen LogP contribution is -2.41. The fourth-order valence-corrected chi connectivity index (χ4v) is 3.71. The Morgan fingerprint density at radius 3 is 2.71 bits per heavy atom. The van der Waals surface area contributed by atoms with Crippen molar-refractivity contribution in [3.63, 3.8) is 0 Å². The second kappa shape index (κ2) is 6.56. The summed E-state index contributed by atoms with van der Waals surface area (Å²) in [7, 11) is 0. The van der Waals surface area contributed by atoms with Crippen molar-refractivity contribution in [2.24, 2.45) is 17.6 Å². The number of aromatic nitrogens is 1. The monoisotopic (exact) mass is 287 g/mol. The summed E-state index contributed by atoms with van der Waals surface area (Å²) in [6.45, 7) is 1.82. The number of likely N-dealkylation sites (tertiary alicyclic amines) is 1. The second-order valence-corrected chi connectivity index (χ2v) is 6.60. The molecule has 2 atom stereocenters. The van der Waals surface area contributed by atoms with Gasteiger partial charge in [0.25, 0.3) is 0 Å². The fraction of sp³-hybridized carbons (Fsp3) is 0.647. The van der Waals surface area contributed by atoms with Gasteiger partial charge < -0.3 is 10.6 Å². The molecule has 1 aromatic rings. The third-order valence-electron chi connectivity index (χ3n) is 5.00. The number of hydrogen-bond acceptors (Lipinski definition) is 3. The molecule has 2 aliphatic rings. The molecule has 1 saturated carbocycles. The summed E-state index contributed by atoms with van der Waals surface area (Å²) in [6.07, 6.45) is 9.95. The van der Waals surface area contributed by atoms with Crippen LogP contribution in [0, 0.1) is 11.8 Å². The van der Waals surface area contributed by atoms with Gasteiger partial charge >= 0.3 is 0 Å². The molecule has 1 aliphatic carbocycles. The van der Waals surface area contributed by atoms with E-state index in [2.05, 4.69) is 16.0 Å². The van der Waals surface area contributed by atoms with E-state index in [1.165, 1.54) is 5.56 Å². The minimum atomic E-state index is 0.190. The lowest BCUT2D eigenvalue weighted by Gasteiger charge is -2.33. The first-order valence-electron chi connectivity index (χ1n) is 8.15. The quantitative estimate of drug-likeness (QED) is 0.925. The molecule has 0 spiro atoms. The third-order valence-corrected chi connectivity index (χ3v) is 5.00. The van der Waals surface area contributed by atoms with Crippen LogP contribution in [0.15, 0.2) is 24.5 Å². The van der Waals surface area contributed by atoms with Gasteiger partial charge in [-0.3, -0.25) is 9.78 Å². The predicted octanol–water partition coefficient (Wildman–Crippen LogP) is 1.99. The molecule has 2 heterocycles. The number of piperidine rings is 1. The molecule has 1 saturated heterocycles. The van der Waals surface area contributed by atoms with Gasteiger partial charge in [0.2, 0.25) is 5.91 Å². The van der Waals surface area contributed by atoms with E-state index >= 15 is 0 Å². The van der Waals surface area contributed by atoms with Gasteiger partial charge in [-0.05, 0) is 56.1 Å². The molecule has 0 bridgehead atoms. The van der Waals surface area contributed by atoms with Crippen molar-refractivity contribution in [2.75, 3.05) is 13.1 Å².